The van der Waals surface area contributed by atoms with E-state index >= 15 is 0 Å². The number of esters is 1. The smallest absolute Gasteiger partial charge is 0.354 e. The predicted octanol–water partition coefficient (Wildman–Crippen LogP) is 2.72. The number of ether oxygens (including phenoxy) is 1. The first-order valence-electron chi connectivity index (χ1n) is 6.89. The maximum absolute atomic E-state index is 12.1. The summed E-state index contributed by atoms with van der Waals surface area (Å²) in [5, 5.41) is 2.60. The van der Waals surface area contributed by atoms with E-state index in [1.165, 1.54) is 7.11 Å². The van der Waals surface area contributed by atoms with Gasteiger partial charge in [0.05, 0.1) is 7.11 Å². The topological polar surface area (TPSA) is 55.4 Å². The molecule has 0 unspecified atom stereocenters. The Bertz CT molecular complexity index is 663. The van der Waals surface area contributed by atoms with Gasteiger partial charge in [0.1, 0.15) is 5.70 Å². The van der Waals surface area contributed by atoms with Crippen molar-refractivity contribution in [1.82, 2.24) is 5.32 Å². The first kappa shape index (κ1) is 15.5. The van der Waals surface area contributed by atoms with Gasteiger partial charge in [-0.3, -0.25) is 4.79 Å². The van der Waals surface area contributed by atoms with Gasteiger partial charge < -0.3 is 10.1 Å². The fourth-order valence-corrected chi connectivity index (χ4v) is 1.91. The Kier molecular flexibility index (Phi) is 5.49. The van der Waals surface area contributed by atoms with E-state index in [1.54, 1.807) is 30.3 Å². The number of hydrogen-bond acceptors (Lipinski definition) is 3. The van der Waals surface area contributed by atoms with E-state index in [0.717, 1.165) is 5.56 Å². The lowest BCUT2D eigenvalue weighted by atomic mass is 10.1. The molecule has 0 aliphatic carbocycles. The summed E-state index contributed by atoms with van der Waals surface area (Å²) in [5.74, 6) is -0.912. The van der Waals surface area contributed by atoms with E-state index in [4.69, 9.17) is 4.74 Å². The van der Waals surface area contributed by atoms with Crippen molar-refractivity contribution in [2.24, 2.45) is 0 Å². The minimum Gasteiger partial charge on any atom is -0.464 e. The third kappa shape index (κ3) is 4.31. The van der Waals surface area contributed by atoms with E-state index < -0.39 is 5.97 Å². The van der Waals surface area contributed by atoms with Crippen molar-refractivity contribution in [2.45, 2.75) is 6.42 Å². The molecule has 2 aromatic rings. The molecule has 0 aliphatic rings. The fraction of sp³-hybridized carbons (Fsp3) is 0.111. The number of benzene rings is 2. The number of methoxy groups -OCH3 is 1. The zero-order valence-corrected chi connectivity index (χ0v) is 12.3. The normalized spacial score (nSPS) is 10.9. The Hall–Kier alpha value is -2.88. The van der Waals surface area contributed by atoms with Crippen molar-refractivity contribution < 1.29 is 14.3 Å². The molecule has 4 nitrogen and oxygen atoms in total. The highest BCUT2D eigenvalue weighted by Gasteiger charge is 2.14. The molecule has 0 spiro atoms. The minimum atomic E-state index is -0.569. The predicted molar refractivity (Wildman–Crippen MR) is 84.2 cm³/mol. The largest absolute Gasteiger partial charge is 0.464 e. The summed E-state index contributed by atoms with van der Waals surface area (Å²) in [7, 11) is 1.29. The molecule has 0 saturated carbocycles. The molecule has 1 N–H and O–H groups in total. The fourth-order valence-electron chi connectivity index (χ4n) is 1.91. The number of allylic oxidation sites excluding steroid dienone is 1. The lowest BCUT2D eigenvalue weighted by Gasteiger charge is -2.08. The van der Waals surface area contributed by atoms with Gasteiger partial charge in [-0.25, -0.2) is 4.79 Å². The number of amides is 1. The van der Waals surface area contributed by atoms with Crippen molar-refractivity contribution in [3.05, 3.63) is 83.6 Å². The lowest BCUT2D eigenvalue weighted by molar-refractivity contribution is -0.136. The van der Waals surface area contributed by atoms with Crippen molar-refractivity contribution in [2.75, 3.05) is 7.11 Å². The van der Waals surface area contributed by atoms with Crippen LogP contribution in [0, 0.1) is 0 Å². The minimum absolute atomic E-state index is 0.139. The highest BCUT2D eigenvalue weighted by Crippen LogP contribution is 2.05. The van der Waals surface area contributed by atoms with Crippen molar-refractivity contribution in [3.8, 4) is 0 Å². The number of carbonyl (C=O) groups excluding carboxylic acids is 2. The zero-order chi connectivity index (χ0) is 15.8. The third-order valence-electron chi connectivity index (χ3n) is 3.07. The molecular weight excluding hydrogens is 278 g/mol. The second-order valence-corrected chi connectivity index (χ2v) is 4.62. The van der Waals surface area contributed by atoms with Crippen LogP contribution >= 0.6 is 0 Å². The van der Waals surface area contributed by atoms with Gasteiger partial charge >= 0.3 is 5.97 Å². The average Bonchev–Trinajstić information content (AvgIpc) is 2.59. The maximum atomic E-state index is 12.1. The molecule has 4 heteroatoms. The molecule has 0 aliphatic heterocycles. The molecule has 0 saturated heterocycles. The summed E-state index contributed by atoms with van der Waals surface area (Å²) in [4.78, 5) is 23.9. The second-order valence-electron chi connectivity index (χ2n) is 4.62. The Morgan fingerprint density at radius 3 is 2.18 bits per heavy atom. The molecule has 22 heavy (non-hydrogen) atoms. The van der Waals surface area contributed by atoms with Crippen LogP contribution in [-0.2, 0) is 16.0 Å². The number of carbonyl (C=O) groups is 2. The highest BCUT2D eigenvalue weighted by atomic mass is 16.5. The van der Waals surface area contributed by atoms with Gasteiger partial charge in [0.15, 0.2) is 0 Å². The molecule has 0 atom stereocenters. The van der Waals surface area contributed by atoms with Crippen LogP contribution in [0.5, 0.6) is 0 Å². The van der Waals surface area contributed by atoms with E-state index in [1.807, 2.05) is 36.4 Å². The Morgan fingerprint density at radius 1 is 1.00 bits per heavy atom. The quantitative estimate of drug-likeness (QED) is 0.681. The van der Waals surface area contributed by atoms with Crippen LogP contribution in [0.2, 0.25) is 0 Å². The molecule has 1 amide bonds. The van der Waals surface area contributed by atoms with E-state index in [0.29, 0.717) is 12.0 Å². The molecule has 0 heterocycles. The van der Waals surface area contributed by atoms with Crippen LogP contribution in [0.1, 0.15) is 15.9 Å². The van der Waals surface area contributed by atoms with Crippen molar-refractivity contribution in [1.29, 1.82) is 0 Å². The highest BCUT2D eigenvalue weighted by molar-refractivity contribution is 6.01. The molecule has 2 aromatic carbocycles. The summed E-state index contributed by atoms with van der Waals surface area (Å²) in [5.41, 5.74) is 1.66. The standard InChI is InChI=1S/C18H17NO3/c1-22-18(21)16(13-12-14-8-4-2-5-9-14)19-17(20)15-10-6-3-7-11-15/h2-11,13H,12H2,1H3,(H,19,20)/b16-13+. The number of nitrogens with one attached hydrogen (secondary N) is 1. The van der Waals surface area contributed by atoms with Crippen LogP contribution in [0.15, 0.2) is 72.4 Å². The SMILES string of the molecule is COC(=O)/C(=C\Cc1ccccc1)NC(=O)c1ccccc1. The summed E-state index contributed by atoms with van der Waals surface area (Å²) in [6.07, 6.45) is 2.18. The van der Waals surface area contributed by atoms with Crippen molar-refractivity contribution in [3.63, 3.8) is 0 Å². The van der Waals surface area contributed by atoms with Gasteiger partial charge in [0.2, 0.25) is 0 Å². The first-order valence-corrected chi connectivity index (χ1v) is 6.89. The van der Waals surface area contributed by atoms with Gasteiger partial charge in [-0.1, -0.05) is 48.5 Å². The molecule has 112 valence electrons. The molecule has 2 rings (SSSR count). The Labute approximate surface area is 129 Å². The summed E-state index contributed by atoms with van der Waals surface area (Å²) in [6, 6.07) is 18.4. The van der Waals surface area contributed by atoms with Gasteiger partial charge in [-0.05, 0) is 30.2 Å². The van der Waals surface area contributed by atoms with Gasteiger partial charge in [0, 0.05) is 5.56 Å². The second kappa shape index (κ2) is 7.78. The average molecular weight is 295 g/mol. The number of rotatable bonds is 5. The Morgan fingerprint density at radius 2 is 1.59 bits per heavy atom. The summed E-state index contributed by atoms with van der Waals surface area (Å²) >= 11 is 0. The van der Waals surface area contributed by atoms with Crippen LogP contribution in [0.3, 0.4) is 0 Å². The third-order valence-corrected chi connectivity index (χ3v) is 3.07. The molecule has 0 bridgehead atoms. The van der Waals surface area contributed by atoms with E-state index in [2.05, 4.69) is 5.32 Å². The van der Waals surface area contributed by atoms with Crippen LogP contribution in [-0.4, -0.2) is 19.0 Å². The molecule has 0 radical (unpaired) electrons. The summed E-state index contributed by atoms with van der Waals surface area (Å²) < 4.78 is 4.72. The lowest BCUT2D eigenvalue weighted by Crippen LogP contribution is -2.28. The number of hydrogen-bond donors (Lipinski definition) is 1. The Balaban J connectivity index is 2.13. The van der Waals surface area contributed by atoms with Crippen LogP contribution < -0.4 is 5.32 Å². The zero-order valence-electron chi connectivity index (χ0n) is 12.3. The maximum Gasteiger partial charge on any atom is 0.354 e. The van der Waals surface area contributed by atoms with Crippen LogP contribution in [0.4, 0.5) is 0 Å². The summed E-state index contributed by atoms with van der Waals surface area (Å²) in [6.45, 7) is 0. The molecule has 0 aromatic heterocycles. The van der Waals surface area contributed by atoms with Crippen molar-refractivity contribution >= 4 is 11.9 Å². The molecular formula is C18H17NO3. The van der Waals surface area contributed by atoms with Gasteiger partial charge in [0.25, 0.3) is 5.91 Å². The van der Waals surface area contributed by atoms with Gasteiger partial charge in [-0.15, -0.1) is 0 Å². The van der Waals surface area contributed by atoms with E-state index in [-0.39, 0.29) is 11.6 Å². The van der Waals surface area contributed by atoms with E-state index in [9.17, 15) is 9.59 Å². The molecule has 0 fully saturated rings. The van der Waals surface area contributed by atoms with Gasteiger partial charge in [-0.2, -0.15) is 0 Å². The van der Waals surface area contributed by atoms with Crippen LogP contribution in [0.25, 0.3) is 0 Å². The first-order chi connectivity index (χ1) is 10.7. The monoisotopic (exact) mass is 295 g/mol.